The summed E-state index contributed by atoms with van der Waals surface area (Å²) in [6.45, 7) is 9.65. The zero-order valence-corrected chi connectivity index (χ0v) is 20.8. The van der Waals surface area contributed by atoms with Crippen molar-refractivity contribution in [2.75, 3.05) is 50.7 Å². The van der Waals surface area contributed by atoms with Gasteiger partial charge in [0, 0.05) is 70.0 Å². The molecule has 3 heterocycles. The van der Waals surface area contributed by atoms with Crippen LogP contribution in [-0.2, 0) is 0 Å². The molecular formula is C26H42N6O2. The molecule has 1 aromatic heterocycles. The molecular weight excluding hydrogens is 428 g/mol. The molecule has 1 aromatic rings. The van der Waals surface area contributed by atoms with Gasteiger partial charge in [-0.2, -0.15) is 0 Å². The van der Waals surface area contributed by atoms with Gasteiger partial charge in [-0.25, -0.2) is 9.78 Å². The Morgan fingerprint density at radius 2 is 1.85 bits per heavy atom. The van der Waals surface area contributed by atoms with Crippen molar-refractivity contribution in [2.24, 2.45) is 0 Å². The quantitative estimate of drug-likeness (QED) is 0.609. The van der Waals surface area contributed by atoms with E-state index < -0.39 is 0 Å². The van der Waals surface area contributed by atoms with Crippen molar-refractivity contribution in [1.82, 2.24) is 25.4 Å². The Bertz CT molecular complexity index is 785. The lowest BCUT2D eigenvalue weighted by atomic mass is 9.90. The molecule has 0 radical (unpaired) electrons. The molecule has 0 spiro atoms. The first kappa shape index (κ1) is 23.8. The lowest BCUT2D eigenvalue weighted by Crippen LogP contribution is -2.48. The van der Waals surface area contributed by atoms with Gasteiger partial charge in [-0.05, 0) is 64.4 Å². The first-order valence-corrected chi connectivity index (χ1v) is 13.6. The van der Waals surface area contributed by atoms with Gasteiger partial charge in [0.1, 0.15) is 6.10 Å². The van der Waals surface area contributed by atoms with E-state index in [1.54, 1.807) is 6.20 Å². The summed E-state index contributed by atoms with van der Waals surface area (Å²) < 4.78 is 5.99. The van der Waals surface area contributed by atoms with Crippen molar-refractivity contribution in [3.63, 3.8) is 0 Å². The van der Waals surface area contributed by atoms with E-state index in [1.165, 1.54) is 12.8 Å². The van der Waals surface area contributed by atoms with Crippen LogP contribution in [0.15, 0.2) is 18.3 Å². The minimum absolute atomic E-state index is 0.133. The smallest absolute Gasteiger partial charge is 0.325 e. The molecule has 8 heteroatoms. The van der Waals surface area contributed by atoms with Crippen molar-refractivity contribution in [1.29, 1.82) is 0 Å². The van der Waals surface area contributed by atoms with E-state index in [1.807, 2.05) is 17.0 Å². The molecule has 4 aliphatic rings. The maximum atomic E-state index is 13.4. The first-order valence-electron chi connectivity index (χ1n) is 13.6. The number of nitrogens with one attached hydrogen (secondary N) is 2. The number of ether oxygens (including phenoxy) is 1. The van der Waals surface area contributed by atoms with Crippen LogP contribution < -0.4 is 20.3 Å². The van der Waals surface area contributed by atoms with Crippen LogP contribution in [0.3, 0.4) is 0 Å². The second kappa shape index (κ2) is 11.2. The van der Waals surface area contributed by atoms with E-state index in [0.717, 1.165) is 90.0 Å². The summed E-state index contributed by atoms with van der Waals surface area (Å²) in [6, 6.07) is 5.20. The number of rotatable bonds is 8. The monoisotopic (exact) mass is 470 g/mol. The molecule has 2 saturated heterocycles. The van der Waals surface area contributed by atoms with Gasteiger partial charge in [-0.1, -0.05) is 0 Å². The Morgan fingerprint density at radius 1 is 1.09 bits per heavy atom. The van der Waals surface area contributed by atoms with E-state index in [2.05, 4.69) is 32.3 Å². The molecule has 2 N–H and O–H groups in total. The van der Waals surface area contributed by atoms with E-state index in [9.17, 15) is 4.79 Å². The van der Waals surface area contributed by atoms with Gasteiger partial charge in [0.25, 0.3) is 0 Å². The fraction of sp³-hybridized carbons (Fsp3) is 0.769. The number of anilines is 1. The molecule has 2 amide bonds. The number of pyridine rings is 1. The minimum atomic E-state index is 0.133. The predicted octanol–water partition coefficient (Wildman–Crippen LogP) is 2.84. The van der Waals surface area contributed by atoms with E-state index >= 15 is 0 Å². The lowest BCUT2D eigenvalue weighted by molar-refractivity contribution is 0.149. The van der Waals surface area contributed by atoms with Crippen molar-refractivity contribution < 1.29 is 9.53 Å². The van der Waals surface area contributed by atoms with Crippen LogP contribution in [-0.4, -0.2) is 90.9 Å². The molecule has 2 aliphatic carbocycles. The topological polar surface area (TPSA) is 73.0 Å². The van der Waals surface area contributed by atoms with Crippen molar-refractivity contribution in [3.8, 4) is 5.88 Å². The Kier molecular flexibility index (Phi) is 7.87. The summed E-state index contributed by atoms with van der Waals surface area (Å²) in [4.78, 5) is 24.5. The van der Waals surface area contributed by atoms with Crippen LogP contribution in [0.1, 0.15) is 58.3 Å². The SMILES string of the molecule is CC1CN(c2ccc(OC3CCCC3)nc2)C(=O)N1C1CCC(NCCN2CCNCC2)CC1. The van der Waals surface area contributed by atoms with Crippen LogP contribution in [0.5, 0.6) is 5.88 Å². The van der Waals surface area contributed by atoms with Crippen molar-refractivity contribution >= 4 is 11.7 Å². The zero-order chi connectivity index (χ0) is 23.3. The Balaban J connectivity index is 1.09. The number of nitrogens with zero attached hydrogens (tertiary/aromatic N) is 4. The number of amides is 2. The van der Waals surface area contributed by atoms with Crippen LogP contribution >= 0.6 is 0 Å². The Hall–Kier alpha value is -1.90. The highest BCUT2D eigenvalue weighted by molar-refractivity contribution is 5.94. The summed E-state index contributed by atoms with van der Waals surface area (Å²) in [5, 5.41) is 7.19. The normalized spacial score (nSPS) is 29.2. The van der Waals surface area contributed by atoms with E-state index in [-0.39, 0.29) is 12.1 Å². The highest BCUT2D eigenvalue weighted by Crippen LogP contribution is 2.32. The first-order chi connectivity index (χ1) is 16.7. The molecule has 1 atom stereocenters. The summed E-state index contributed by atoms with van der Waals surface area (Å²) in [7, 11) is 0. The fourth-order valence-corrected chi connectivity index (χ4v) is 6.19. The van der Waals surface area contributed by atoms with Crippen molar-refractivity contribution in [2.45, 2.75) is 82.5 Å². The molecule has 5 rings (SSSR count). The van der Waals surface area contributed by atoms with Crippen LogP contribution in [0, 0.1) is 0 Å². The summed E-state index contributed by atoms with van der Waals surface area (Å²) >= 11 is 0. The van der Waals surface area contributed by atoms with Crippen LogP contribution in [0.25, 0.3) is 0 Å². The molecule has 8 nitrogen and oxygen atoms in total. The van der Waals surface area contributed by atoms with Crippen molar-refractivity contribution in [3.05, 3.63) is 18.3 Å². The van der Waals surface area contributed by atoms with Gasteiger partial charge in [-0.15, -0.1) is 0 Å². The maximum absolute atomic E-state index is 13.4. The Morgan fingerprint density at radius 3 is 2.56 bits per heavy atom. The third-order valence-electron chi connectivity index (χ3n) is 8.16. The predicted molar refractivity (Wildman–Crippen MR) is 135 cm³/mol. The van der Waals surface area contributed by atoms with E-state index in [0.29, 0.717) is 24.1 Å². The number of urea groups is 1. The highest BCUT2D eigenvalue weighted by atomic mass is 16.5. The number of aromatic nitrogens is 1. The Labute approximate surface area is 204 Å². The number of carbonyl (C=O) groups is 1. The molecule has 0 aromatic carbocycles. The number of carbonyl (C=O) groups excluding carboxylic acids is 1. The van der Waals surface area contributed by atoms with Gasteiger partial charge in [0.15, 0.2) is 0 Å². The van der Waals surface area contributed by atoms with Crippen LogP contribution in [0.4, 0.5) is 10.5 Å². The van der Waals surface area contributed by atoms with Gasteiger partial charge in [0.2, 0.25) is 5.88 Å². The largest absolute Gasteiger partial charge is 0.474 e. The highest BCUT2D eigenvalue weighted by Gasteiger charge is 2.40. The molecule has 1 unspecified atom stereocenters. The summed E-state index contributed by atoms with van der Waals surface area (Å²) in [6.07, 6.45) is 11.3. The molecule has 4 fully saturated rings. The molecule has 188 valence electrons. The number of piperazine rings is 1. The summed E-state index contributed by atoms with van der Waals surface area (Å²) in [5.41, 5.74) is 0.876. The standard InChI is InChI=1S/C26H42N6O2/c1-20-19-31(23-10-11-25(29-18-23)34-24-4-2-3-5-24)26(33)32(20)22-8-6-21(7-9-22)28-14-17-30-15-12-27-13-16-30/h10-11,18,20-22,24,27-28H,2-9,12-17,19H2,1H3. The number of hydrogen-bond donors (Lipinski definition) is 2. The third kappa shape index (κ3) is 5.66. The van der Waals surface area contributed by atoms with Gasteiger partial charge < -0.3 is 20.3 Å². The summed E-state index contributed by atoms with van der Waals surface area (Å²) in [5.74, 6) is 0.676. The zero-order valence-electron chi connectivity index (χ0n) is 20.8. The van der Waals surface area contributed by atoms with Gasteiger partial charge in [-0.3, -0.25) is 9.80 Å². The second-order valence-electron chi connectivity index (χ2n) is 10.6. The molecule has 0 bridgehead atoms. The third-order valence-corrected chi connectivity index (χ3v) is 8.16. The molecule has 2 aliphatic heterocycles. The average molecular weight is 471 g/mol. The lowest BCUT2D eigenvalue weighted by Gasteiger charge is -2.37. The van der Waals surface area contributed by atoms with Gasteiger partial charge in [0.05, 0.1) is 11.9 Å². The molecule has 2 saturated carbocycles. The average Bonchev–Trinajstić information content (AvgIpc) is 3.48. The molecule has 34 heavy (non-hydrogen) atoms. The number of hydrogen-bond acceptors (Lipinski definition) is 6. The van der Waals surface area contributed by atoms with Gasteiger partial charge >= 0.3 is 6.03 Å². The fourth-order valence-electron chi connectivity index (χ4n) is 6.19. The van der Waals surface area contributed by atoms with Crippen LogP contribution in [0.2, 0.25) is 0 Å². The maximum Gasteiger partial charge on any atom is 0.325 e. The van der Waals surface area contributed by atoms with E-state index in [4.69, 9.17) is 4.74 Å². The second-order valence-corrected chi connectivity index (χ2v) is 10.6. The minimum Gasteiger partial charge on any atom is -0.474 e.